The molecule has 0 fully saturated rings. The van der Waals surface area contributed by atoms with E-state index in [2.05, 4.69) is 0 Å². The third kappa shape index (κ3) is 3.67. The average Bonchev–Trinajstić information content (AvgIpc) is 2.71. The van der Waals surface area contributed by atoms with Gasteiger partial charge in [-0.05, 0) is 32.0 Å². The summed E-state index contributed by atoms with van der Waals surface area (Å²) < 4.78 is 32.7. The second-order valence-corrected chi connectivity index (χ2v) is 7.99. The standard InChI is InChI=1S/C21H20FNO5S/c1-4-23(16-9-7-6-8-14(16)20(25)26)17-11-13(22)10-15-18(24)12(3)21(28-19(15)17)29(27)5-2/h6-11H,4-5H2,1-3H3,(H,25,26). The summed E-state index contributed by atoms with van der Waals surface area (Å²) in [6.45, 7) is 5.25. The number of anilines is 2. The third-order valence-corrected chi connectivity index (χ3v) is 5.95. The van der Waals surface area contributed by atoms with Crippen molar-refractivity contribution in [3.63, 3.8) is 0 Å². The molecule has 29 heavy (non-hydrogen) atoms. The van der Waals surface area contributed by atoms with Crippen LogP contribution < -0.4 is 10.3 Å². The highest BCUT2D eigenvalue weighted by Gasteiger charge is 2.23. The maximum Gasteiger partial charge on any atom is 0.337 e. The van der Waals surface area contributed by atoms with Gasteiger partial charge in [0.05, 0.1) is 33.1 Å². The fraction of sp³-hybridized carbons (Fsp3) is 0.238. The summed E-state index contributed by atoms with van der Waals surface area (Å²) in [6.07, 6.45) is 0. The largest absolute Gasteiger partial charge is 0.478 e. The van der Waals surface area contributed by atoms with Crippen LogP contribution in [0.25, 0.3) is 11.0 Å². The zero-order chi connectivity index (χ0) is 21.3. The Balaban J connectivity index is 2.39. The molecule has 6 nitrogen and oxygen atoms in total. The molecule has 0 aliphatic carbocycles. The molecular weight excluding hydrogens is 397 g/mol. The van der Waals surface area contributed by atoms with Gasteiger partial charge in [-0.1, -0.05) is 19.1 Å². The second-order valence-electron chi connectivity index (χ2n) is 6.35. The molecule has 1 heterocycles. The van der Waals surface area contributed by atoms with Crippen LogP contribution in [0.15, 0.2) is 50.7 Å². The Labute approximate surface area is 169 Å². The van der Waals surface area contributed by atoms with Crippen LogP contribution in [0.5, 0.6) is 0 Å². The monoisotopic (exact) mass is 417 g/mol. The first kappa shape index (κ1) is 20.7. The van der Waals surface area contributed by atoms with E-state index in [1.165, 1.54) is 19.1 Å². The van der Waals surface area contributed by atoms with E-state index >= 15 is 0 Å². The van der Waals surface area contributed by atoms with Crippen molar-refractivity contribution in [1.82, 2.24) is 0 Å². The average molecular weight is 417 g/mol. The van der Waals surface area contributed by atoms with Gasteiger partial charge in [0.25, 0.3) is 0 Å². The highest BCUT2D eigenvalue weighted by molar-refractivity contribution is 7.84. The van der Waals surface area contributed by atoms with E-state index in [4.69, 9.17) is 4.42 Å². The molecule has 1 unspecified atom stereocenters. The Bertz CT molecular complexity index is 1190. The molecule has 1 atom stereocenters. The summed E-state index contributed by atoms with van der Waals surface area (Å²) in [5, 5.41) is 9.60. The highest BCUT2D eigenvalue weighted by Crippen LogP contribution is 2.35. The number of fused-ring (bicyclic) bond motifs is 1. The predicted octanol–water partition coefficient (Wildman–Crippen LogP) is 4.22. The number of carboxylic acid groups (broad SMARTS) is 1. The first-order valence-corrected chi connectivity index (χ1v) is 10.4. The summed E-state index contributed by atoms with van der Waals surface area (Å²) in [4.78, 5) is 26.1. The van der Waals surface area contributed by atoms with Crippen molar-refractivity contribution < 1.29 is 22.9 Å². The van der Waals surface area contributed by atoms with Crippen LogP contribution in [0.2, 0.25) is 0 Å². The lowest BCUT2D eigenvalue weighted by molar-refractivity contribution is 0.0697. The molecule has 0 aliphatic rings. The lowest BCUT2D eigenvalue weighted by atomic mass is 10.1. The second kappa shape index (κ2) is 8.16. The van der Waals surface area contributed by atoms with E-state index in [1.54, 1.807) is 36.9 Å². The molecule has 152 valence electrons. The predicted molar refractivity (Wildman–Crippen MR) is 110 cm³/mol. The van der Waals surface area contributed by atoms with Gasteiger partial charge >= 0.3 is 5.97 Å². The fourth-order valence-electron chi connectivity index (χ4n) is 3.23. The van der Waals surface area contributed by atoms with Gasteiger partial charge in [0, 0.05) is 23.9 Å². The first-order valence-electron chi connectivity index (χ1n) is 9.05. The van der Waals surface area contributed by atoms with E-state index in [1.807, 2.05) is 0 Å². The Morgan fingerprint density at radius 3 is 2.52 bits per heavy atom. The number of carboxylic acids is 1. The van der Waals surface area contributed by atoms with E-state index in [0.29, 0.717) is 5.69 Å². The van der Waals surface area contributed by atoms with Crippen LogP contribution in [0.3, 0.4) is 0 Å². The lowest BCUT2D eigenvalue weighted by Gasteiger charge is -2.25. The Morgan fingerprint density at radius 2 is 1.90 bits per heavy atom. The quantitative estimate of drug-likeness (QED) is 0.646. The van der Waals surface area contributed by atoms with Crippen LogP contribution in [0.4, 0.5) is 15.8 Å². The number of hydrogen-bond acceptors (Lipinski definition) is 5. The Hall–Kier alpha value is -3.00. The minimum Gasteiger partial charge on any atom is -0.478 e. The molecule has 1 aromatic heterocycles. The molecule has 1 N–H and O–H groups in total. The van der Waals surface area contributed by atoms with Gasteiger partial charge in [0.15, 0.2) is 16.1 Å². The molecule has 0 bridgehead atoms. The van der Waals surface area contributed by atoms with Crippen LogP contribution in [0.1, 0.15) is 29.8 Å². The Kier molecular flexibility index (Phi) is 5.83. The van der Waals surface area contributed by atoms with Crippen molar-refractivity contribution in [2.45, 2.75) is 25.9 Å². The van der Waals surface area contributed by atoms with Gasteiger partial charge in [-0.25, -0.2) is 9.18 Å². The molecule has 3 aromatic rings. The summed E-state index contributed by atoms with van der Waals surface area (Å²) in [6, 6.07) is 8.57. The number of carbonyl (C=O) groups is 1. The van der Waals surface area contributed by atoms with Crippen LogP contribution in [-0.4, -0.2) is 27.6 Å². The van der Waals surface area contributed by atoms with Gasteiger partial charge in [-0.15, -0.1) is 0 Å². The number of benzene rings is 2. The number of rotatable bonds is 6. The Morgan fingerprint density at radius 1 is 1.21 bits per heavy atom. The number of hydrogen-bond donors (Lipinski definition) is 1. The number of nitrogens with zero attached hydrogens (tertiary/aromatic N) is 1. The molecule has 0 spiro atoms. The molecule has 0 aliphatic heterocycles. The molecule has 0 amide bonds. The molecule has 0 saturated carbocycles. The van der Waals surface area contributed by atoms with E-state index < -0.39 is 28.0 Å². The minimum atomic E-state index is -1.53. The zero-order valence-corrected chi connectivity index (χ0v) is 17.0. The first-order chi connectivity index (χ1) is 13.8. The van der Waals surface area contributed by atoms with Crippen molar-refractivity contribution in [3.8, 4) is 0 Å². The van der Waals surface area contributed by atoms with Gasteiger partial charge in [0.2, 0.25) is 0 Å². The van der Waals surface area contributed by atoms with Crippen molar-refractivity contribution in [3.05, 3.63) is 63.6 Å². The number of para-hydroxylation sites is 1. The van der Waals surface area contributed by atoms with Crippen LogP contribution in [-0.2, 0) is 10.8 Å². The van der Waals surface area contributed by atoms with Crippen molar-refractivity contribution in [2.75, 3.05) is 17.2 Å². The summed E-state index contributed by atoms with van der Waals surface area (Å²) in [7, 11) is -1.53. The zero-order valence-electron chi connectivity index (χ0n) is 16.2. The van der Waals surface area contributed by atoms with Crippen molar-refractivity contribution >= 4 is 39.1 Å². The van der Waals surface area contributed by atoms with E-state index in [0.717, 1.165) is 6.07 Å². The van der Waals surface area contributed by atoms with Gasteiger partial charge in [-0.2, -0.15) is 0 Å². The SMILES string of the molecule is CCN(c1ccccc1C(=O)O)c1cc(F)cc2c(=O)c(C)c(S(=O)CC)oc12. The maximum absolute atomic E-state index is 14.4. The summed E-state index contributed by atoms with van der Waals surface area (Å²) in [5.74, 6) is -1.54. The normalized spacial score (nSPS) is 12.1. The fourth-order valence-corrected chi connectivity index (χ4v) is 4.10. The molecule has 0 radical (unpaired) electrons. The van der Waals surface area contributed by atoms with E-state index in [9.17, 15) is 23.3 Å². The van der Waals surface area contributed by atoms with Crippen molar-refractivity contribution in [2.24, 2.45) is 0 Å². The van der Waals surface area contributed by atoms with Crippen LogP contribution >= 0.6 is 0 Å². The molecule has 3 rings (SSSR count). The minimum absolute atomic E-state index is 0.0145. The van der Waals surface area contributed by atoms with Gasteiger partial charge in [-0.3, -0.25) is 9.00 Å². The summed E-state index contributed by atoms with van der Waals surface area (Å²) >= 11 is 0. The third-order valence-electron chi connectivity index (χ3n) is 4.62. The topological polar surface area (TPSA) is 87.8 Å². The molecule has 8 heteroatoms. The van der Waals surface area contributed by atoms with Gasteiger partial charge in [0.1, 0.15) is 5.82 Å². The molecule has 0 saturated heterocycles. The number of aromatic carboxylic acids is 1. The lowest BCUT2D eigenvalue weighted by Crippen LogP contribution is -2.21. The van der Waals surface area contributed by atoms with Crippen molar-refractivity contribution in [1.29, 1.82) is 0 Å². The van der Waals surface area contributed by atoms with Crippen LogP contribution in [0, 0.1) is 12.7 Å². The molecular formula is C21H20FNO5S. The smallest absolute Gasteiger partial charge is 0.337 e. The summed E-state index contributed by atoms with van der Waals surface area (Å²) in [5.41, 5.74) is 0.326. The highest BCUT2D eigenvalue weighted by atomic mass is 32.2. The van der Waals surface area contributed by atoms with Gasteiger partial charge < -0.3 is 14.4 Å². The maximum atomic E-state index is 14.4. The molecule has 2 aromatic carbocycles. The number of halogens is 1. The van der Waals surface area contributed by atoms with E-state index in [-0.39, 0.29) is 45.2 Å².